The predicted molar refractivity (Wildman–Crippen MR) is 105 cm³/mol. The number of hydrogen-bond acceptors (Lipinski definition) is 5. The van der Waals surface area contributed by atoms with Gasteiger partial charge in [-0.15, -0.1) is 8.78 Å². The van der Waals surface area contributed by atoms with Gasteiger partial charge in [0.05, 0.1) is 12.6 Å². The van der Waals surface area contributed by atoms with Gasteiger partial charge >= 0.3 is 6.29 Å². The number of nitrogens with zero attached hydrogens (tertiary/aromatic N) is 2. The lowest BCUT2D eigenvalue weighted by molar-refractivity contribution is -0.286. The number of benzene rings is 1. The summed E-state index contributed by atoms with van der Waals surface area (Å²) in [4.78, 5) is 12.6. The normalized spacial score (nSPS) is 15.6. The summed E-state index contributed by atoms with van der Waals surface area (Å²) in [6.45, 7) is 6.37. The van der Waals surface area contributed by atoms with Crippen molar-refractivity contribution in [2.75, 3.05) is 19.0 Å². The average molecular weight is 417 g/mol. The monoisotopic (exact) mass is 417 g/mol. The zero-order valence-electron chi connectivity index (χ0n) is 17.0. The molecule has 1 aliphatic heterocycles. The molecule has 0 bridgehead atoms. The highest BCUT2D eigenvalue weighted by atomic mass is 19.3. The predicted octanol–water partition coefficient (Wildman–Crippen LogP) is 4.18. The number of aryl methyl sites for hydroxylation is 1. The SMILES string of the molecule is COC[C@@H](C)n1c(C)cc(/C=C(/C#N)C(=O)Nc2ccc3c(c2)OC(F)(F)O3)c1C. The van der Waals surface area contributed by atoms with Gasteiger partial charge in [-0.2, -0.15) is 5.26 Å². The molecule has 1 aromatic carbocycles. The Morgan fingerprint density at radius 3 is 2.70 bits per heavy atom. The Hall–Kier alpha value is -3.38. The second-order valence-electron chi connectivity index (χ2n) is 6.95. The number of alkyl halides is 2. The minimum absolute atomic E-state index is 0.0864. The number of fused-ring (bicyclic) bond motifs is 1. The Kier molecular flexibility index (Phi) is 5.80. The lowest BCUT2D eigenvalue weighted by Crippen LogP contribution is -2.25. The molecule has 9 heteroatoms. The quantitative estimate of drug-likeness (QED) is 0.563. The minimum Gasteiger partial charge on any atom is -0.395 e. The van der Waals surface area contributed by atoms with Crippen LogP contribution in [0.15, 0.2) is 29.8 Å². The Morgan fingerprint density at radius 2 is 2.03 bits per heavy atom. The minimum atomic E-state index is -3.74. The first-order valence-electron chi connectivity index (χ1n) is 9.15. The molecule has 7 nitrogen and oxygen atoms in total. The van der Waals surface area contributed by atoms with E-state index in [-0.39, 0.29) is 28.8 Å². The molecule has 1 amide bonds. The molecule has 1 aliphatic rings. The first kappa shape index (κ1) is 21.3. The van der Waals surface area contributed by atoms with Crippen LogP contribution in [0.25, 0.3) is 6.08 Å². The average Bonchev–Trinajstić information content (AvgIpc) is 3.12. The number of amides is 1. The number of methoxy groups -OCH3 is 1. The number of aromatic nitrogens is 1. The van der Waals surface area contributed by atoms with Crippen molar-refractivity contribution in [1.82, 2.24) is 4.57 Å². The van der Waals surface area contributed by atoms with E-state index in [0.717, 1.165) is 17.0 Å². The van der Waals surface area contributed by atoms with Crippen LogP contribution in [0.5, 0.6) is 11.5 Å². The van der Waals surface area contributed by atoms with Crippen LogP contribution in [0, 0.1) is 25.2 Å². The third-order valence-electron chi connectivity index (χ3n) is 4.70. The standard InChI is InChI=1S/C21H21F2N3O4/c1-12-7-15(14(3)26(12)13(2)11-28-4)8-16(10-24)20(27)25-17-5-6-18-19(9-17)30-21(22,23)29-18/h5-9,13H,11H2,1-4H3,(H,25,27)/b16-8-/t13-/m1/s1. The third-order valence-corrected chi connectivity index (χ3v) is 4.70. The molecule has 158 valence electrons. The van der Waals surface area contributed by atoms with Gasteiger partial charge in [-0.25, -0.2) is 0 Å². The Balaban J connectivity index is 1.82. The topological polar surface area (TPSA) is 85.5 Å². The van der Waals surface area contributed by atoms with Crippen molar-refractivity contribution in [3.63, 3.8) is 0 Å². The summed E-state index contributed by atoms with van der Waals surface area (Å²) < 4.78 is 42.3. The zero-order chi connectivity index (χ0) is 22.1. The molecule has 1 N–H and O–H groups in total. The maximum absolute atomic E-state index is 13.1. The first-order chi connectivity index (χ1) is 14.1. The molecule has 0 radical (unpaired) electrons. The molecule has 2 heterocycles. The summed E-state index contributed by atoms with van der Waals surface area (Å²) in [5.74, 6) is -1.000. The number of anilines is 1. The molecule has 0 fully saturated rings. The zero-order valence-corrected chi connectivity index (χ0v) is 17.0. The van der Waals surface area contributed by atoms with Crippen LogP contribution in [0.1, 0.15) is 29.9 Å². The number of rotatable bonds is 6. The van der Waals surface area contributed by atoms with E-state index in [0.29, 0.717) is 6.61 Å². The van der Waals surface area contributed by atoms with E-state index in [4.69, 9.17) is 4.74 Å². The van der Waals surface area contributed by atoms with E-state index < -0.39 is 12.2 Å². The molecule has 0 aliphatic carbocycles. The maximum atomic E-state index is 13.1. The second kappa shape index (κ2) is 8.16. The molecule has 0 saturated carbocycles. The van der Waals surface area contributed by atoms with Gasteiger partial charge < -0.3 is 24.1 Å². The van der Waals surface area contributed by atoms with Crippen molar-refractivity contribution in [1.29, 1.82) is 5.26 Å². The van der Waals surface area contributed by atoms with E-state index in [9.17, 15) is 18.8 Å². The summed E-state index contributed by atoms with van der Waals surface area (Å²) >= 11 is 0. The van der Waals surface area contributed by atoms with Gasteiger partial charge in [0.25, 0.3) is 5.91 Å². The van der Waals surface area contributed by atoms with Crippen LogP contribution >= 0.6 is 0 Å². The Morgan fingerprint density at radius 1 is 1.33 bits per heavy atom. The molecule has 0 spiro atoms. The number of ether oxygens (including phenoxy) is 3. The lowest BCUT2D eigenvalue weighted by atomic mass is 10.1. The van der Waals surface area contributed by atoms with Crippen molar-refractivity contribution in [3.05, 3.63) is 46.8 Å². The van der Waals surface area contributed by atoms with Gasteiger partial charge in [-0.05, 0) is 50.6 Å². The van der Waals surface area contributed by atoms with Crippen LogP contribution in [-0.4, -0.2) is 30.5 Å². The Labute approximate surface area is 172 Å². The maximum Gasteiger partial charge on any atom is 0.586 e. The van der Waals surface area contributed by atoms with Crippen LogP contribution < -0.4 is 14.8 Å². The molecule has 1 atom stereocenters. The van der Waals surface area contributed by atoms with Crippen molar-refractivity contribution in [2.45, 2.75) is 33.1 Å². The summed E-state index contributed by atoms with van der Waals surface area (Å²) in [6.07, 6.45) is -2.25. The van der Waals surface area contributed by atoms with Crippen LogP contribution in [0.2, 0.25) is 0 Å². The van der Waals surface area contributed by atoms with Gasteiger partial charge in [-0.3, -0.25) is 4.79 Å². The van der Waals surface area contributed by atoms with Gasteiger partial charge in [0, 0.05) is 30.3 Å². The molecule has 30 heavy (non-hydrogen) atoms. The van der Waals surface area contributed by atoms with Crippen molar-refractivity contribution in [2.24, 2.45) is 0 Å². The van der Waals surface area contributed by atoms with Crippen molar-refractivity contribution in [3.8, 4) is 17.6 Å². The van der Waals surface area contributed by atoms with Gasteiger partial charge in [0.15, 0.2) is 11.5 Å². The summed E-state index contributed by atoms with van der Waals surface area (Å²) in [5.41, 5.74) is 2.66. The highest BCUT2D eigenvalue weighted by Gasteiger charge is 2.43. The Bertz CT molecular complexity index is 1050. The summed E-state index contributed by atoms with van der Waals surface area (Å²) in [7, 11) is 1.63. The molecule has 1 aromatic heterocycles. The van der Waals surface area contributed by atoms with Crippen LogP contribution in [-0.2, 0) is 9.53 Å². The first-order valence-corrected chi connectivity index (χ1v) is 9.15. The van der Waals surface area contributed by atoms with E-state index in [2.05, 4.69) is 19.4 Å². The largest absolute Gasteiger partial charge is 0.586 e. The van der Waals surface area contributed by atoms with Gasteiger partial charge in [0.2, 0.25) is 0 Å². The molecule has 0 saturated heterocycles. The fourth-order valence-electron chi connectivity index (χ4n) is 3.47. The van der Waals surface area contributed by atoms with Crippen molar-refractivity contribution < 1.29 is 27.8 Å². The molecule has 0 unspecified atom stereocenters. The fourth-order valence-corrected chi connectivity index (χ4v) is 3.47. The summed E-state index contributed by atoms with van der Waals surface area (Å²) in [6, 6.07) is 7.71. The number of hydrogen-bond donors (Lipinski definition) is 1. The molecular formula is C21H21F2N3O4. The van der Waals surface area contributed by atoms with Crippen LogP contribution in [0.4, 0.5) is 14.5 Å². The highest BCUT2D eigenvalue weighted by Crippen LogP contribution is 2.42. The van der Waals surface area contributed by atoms with E-state index in [1.165, 1.54) is 24.3 Å². The number of nitrogens with one attached hydrogen (secondary N) is 1. The number of carbonyl (C=O) groups excluding carboxylic acids is 1. The van der Waals surface area contributed by atoms with Gasteiger partial charge in [-0.1, -0.05) is 0 Å². The number of halogens is 2. The second-order valence-corrected chi connectivity index (χ2v) is 6.95. The number of nitriles is 1. The summed E-state index contributed by atoms with van der Waals surface area (Å²) in [5, 5.41) is 12.0. The highest BCUT2D eigenvalue weighted by molar-refractivity contribution is 6.09. The smallest absolute Gasteiger partial charge is 0.395 e. The van der Waals surface area contributed by atoms with E-state index in [1.807, 2.05) is 32.9 Å². The molecule has 2 aromatic rings. The van der Waals surface area contributed by atoms with Gasteiger partial charge in [0.1, 0.15) is 11.6 Å². The van der Waals surface area contributed by atoms with E-state index >= 15 is 0 Å². The number of carbonyl (C=O) groups is 1. The lowest BCUT2D eigenvalue weighted by Gasteiger charge is -2.17. The van der Waals surface area contributed by atoms with Crippen molar-refractivity contribution >= 4 is 17.7 Å². The molecular weight excluding hydrogens is 396 g/mol. The van der Waals surface area contributed by atoms with E-state index in [1.54, 1.807) is 7.11 Å². The third kappa shape index (κ3) is 4.28. The fraction of sp³-hybridized carbons (Fsp3) is 0.333. The van der Waals surface area contributed by atoms with Crippen LogP contribution in [0.3, 0.4) is 0 Å². The molecule has 3 rings (SSSR count).